The van der Waals surface area contributed by atoms with E-state index in [4.69, 9.17) is 11.6 Å². The Hall–Kier alpha value is -3.16. The smallest absolute Gasteiger partial charge is 0.220 e. The average Bonchev–Trinajstić information content (AvgIpc) is 3.25. The molecule has 0 spiro atoms. The quantitative estimate of drug-likeness (QED) is 0.290. The number of hydrogen-bond acceptors (Lipinski definition) is 4. The summed E-state index contributed by atoms with van der Waals surface area (Å²) >= 11 is 7.53. The number of benzene rings is 3. The van der Waals surface area contributed by atoms with E-state index in [1.165, 1.54) is 29.5 Å². The van der Waals surface area contributed by atoms with E-state index in [0.717, 1.165) is 17.7 Å². The number of rotatable bonds is 10. The lowest BCUT2D eigenvalue weighted by molar-refractivity contribution is -0.121. The van der Waals surface area contributed by atoms with Crippen molar-refractivity contribution in [3.05, 3.63) is 107 Å². The van der Waals surface area contributed by atoms with Gasteiger partial charge >= 0.3 is 0 Å². The molecule has 34 heavy (non-hydrogen) atoms. The van der Waals surface area contributed by atoms with Crippen LogP contribution in [0.2, 0.25) is 5.02 Å². The zero-order valence-electron chi connectivity index (χ0n) is 18.5. The van der Waals surface area contributed by atoms with Gasteiger partial charge in [0.25, 0.3) is 0 Å². The third-order valence-electron chi connectivity index (χ3n) is 5.20. The second-order valence-electron chi connectivity index (χ2n) is 7.71. The molecule has 0 bridgehead atoms. The highest BCUT2D eigenvalue weighted by molar-refractivity contribution is 7.98. The van der Waals surface area contributed by atoms with Crippen LogP contribution in [0.5, 0.6) is 0 Å². The van der Waals surface area contributed by atoms with Crippen molar-refractivity contribution in [2.24, 2.45) is 0 Å². The number of nitrogens with one attached hydrogen (secondary N) is 1. The third-order valence-corrected chi connectivity index (χ3v) is 6.45. The molecule has 0 aliphatic carbocycles. The Balaban J connectivity index is 1.42. The number of halogens is 2. The van der Waals surface area contributed by atoms with Gasteiger partial charge in [0.15, 0.2) is 5.16 Å². The molecule has 1 N–H and O–H groups in total. The van der Waals surface area contributed by atoms with Gasteiger partial charge in [-0.1, -0.05) is 65.8 Å². The van der Waals surface area contributed by atoms with Crippen LogP contribution in [-0.4, -0.2) is 27.2 Å². The van der Waals surface area contributed by atoms with Crippen LogP contribution in [0.25, 0.3) is 5.69 Å². The van der Waals surface area contributed by atoms with Gasteiger partial charge < -0.3 is 5.32 Å². The lowest BCUT2D eigenvalue weighted by atomic mass is 10.1. The second-order valence-corrected chi connectivity index (χ2v) is 9.09. The number of carbonyl (C=O) groups is 1. The minimum Gasteiger partial charge on any atom is -0.356 e. The number of hydrogen-bond donors (Lipinski definition) is 1. The van der Waals surface area contributed by atoms with E-state index >= 15 is 0 Å². The van der Waals surface area contributed by atoms with Crippen LogP contribution in [0.15, 0.2) is 84.0 Å². The average molecular weight is 495 g/mol. The Morgan fingerprint density at radius 3 is 2.47 bits per heavy atom. The Morgan fingerprint density at radius 2 is 1.71 bits per heavy atom. The van der Waals surface area contributed by atoms with Gasteiger partial charge in [-0.15, -0.1) is 10.2 Å². The fourth-order valence-electron chi connectivity index (χ4n) is 3.48. The standard InChI is InChI=1S/C26H24ClFN4OS/c27-21-9-11-23(12-10-21)32-24(13-14-25(33)29-16-15-19-5-2-1-3-6-19)30-31-26(32)34-18-20-7-4-8-22(28)17-20/h1-12,17H,13-16,18H2,(H,29,33). The van der Waals surface area contributed by atoms with E-state index in [9.17, 15) is 9.18 Å². The highest BCUT2D eigenvalue weighted by Crippen LogP contribution is 2.26. The summed E-state index contributed by atoms with van der Waals surface area (Å²) in [5.41, 5.74) is 2.90. The zero-order valence-corrected chi connectivity index (χ0v) is 20.0. The summed E-state index contributed by atoms with van der Waals surface area (Å²) in [6.45, 7) is 0.585. The molecule has 1 aromatic heterocycles. The molecule has 0 radical (unpaired) electrons. The Bertz CT molecular complexity index is 1230. The molecule has 1 heterocycles. The number of aromatic nitrogens is 3. The summed E-state index contributed by atoms with van der Waals surface area (Å²) in [5.74, 6) is 0.928. The largest absolute Gasteiger partial charge is 0.356 e. The molecule has 4 rings (SSSR count). The Morgan fingerprint density at radius 1 is 0.941 bits per heavy atom. The van der Waals surface area contributed by atoms with Crippen molar-refractivity contribution >= 4 is 29.3 Å². The van der Waals surface area contributed by atoms with Crippen LogP contribution >= 0.6 is 23.4 Å². The van der Waals surface area contributed by atoms with E-state index < -0.39 is 0 Å². The van der Waals surface area contributed by atoms with Crippen LogP contribution < -0.4 is 5.32 Å². The summed E-state index contributed by atoms with van der Waals surface area (Å²) in [5, 5.41) is 13.0. The molecular weight excluding hydrogens is 471 g/mol. The molecule has 3 aromatic carbocycles. The molecule has 1 amide bonds. The molecule has 0 aliphatic rings. The van der Waals surface area contributed by atoms with Crippen molar-refractivity contribution in [3.8, 4) is 5.69 Å². The van der Waals surface area contributed by atoms with Crippen LogP contribution in [-0.2, 0) is 23.4 Å². The topological polar surface area (TPSA) is 59.8 Å². The first kappa shape index (κ1) is 24.0. The molecule has 0 saturated carbocycles. The summed E-state index contributed by atoms with van der Waals surface area (Å²) in [6.07, 6.45) is 1.52. The van der Waals surface area contributed by atoms with E-state index in [1.54, 1.807) is 18.2 Å². The third kappa shape index (κ3) is 6.68. The van der Waals surface area contributed by atoms with Crippen molar-refractivity contribution in [1.82, 2.24) is 20.1 Å². The van der Waals surface area contributed by atoms with Gasteiger partial charge in [-0.05, 0) is 53.9 Å². The van der Waals surface area contributed by atoms with Crippen molar-refractivity contribution in [2.75, 3.05) is 6.54 Å². The minimum absolute atomic E-state index is 0.0319. The van der Waals surface area contributed by atoms with Crippen LogP contribution in [0.4, 0.5) is 4.39 Å². The fourth-order valence-corrected chi connectivity index (χ4v) is 4.52. The van der Waals surface area contributed by atoms with Gasteiger partial charge in [0, 0.05) is 35.8 Å². The van der Waals surface area contributed by atoms with E-state index in [-0.39, 0.29) is 11.7 Å². The zero-order chi connectivity index (χ0) is 23.8. The van der Waals surface area contributed by atoms with Crippen molar-refractivity contribution in [3.63, 3.8) is 0 Å². The van der Waals surface area contributed by atoms with Crippen molar-refractivity contribution in [2.45, 2.75) is 30.2 Å². The molecule has 0 saturated heterocycles. The number of thioether (sulfide) groups is 1. The highest BCUT2D eigenvalue weighted by Gasteiger charge is 2.16. The lowest BCUT2D eigenvalue weighted by Crippen LogP contribution is -2.26. The molecule has 174 valence electrons. The minimum atomic E-state index is -0.267. The monoisotopic (exact) mass is 494 g/mol. The van der Waals surface area contributed by atoms with E-state index in [1.807, 2.05) is 53.1 Å². The Labute approximate surface area is 207 Å². The number of carbonyl (C=O) groups excluding carboxylic acids is 1. The SMILES string of the molecule is O=C(CCc1nnc(SCc2cccc(F)c2)n1-c1ccc(Cl)cc1)NCCc1ccccc1. The van der Waals surface area contributed by atoms with Gasteiger partial charge in [0.2, 0.25) is 5.91 Å². The first-order chi connectivity index (χ1) is 16.6. The summed E-state index contributed by atoms with van der Waals surface area (Å²) in [7, 11) is 0. The normalized spacial score (nSPS) is 10.9. The van der Waals surface area contributed by atoms with Crippen LogP contribution in [0.3, 0.4) is 0 Å². The number of nitrogens with zero attached hydrogens (tertiary/aromatic N) is 3. The summed E-state index contributed by atoms with van der Waals surface area (Å²) in [4.78, 5) is 12.4. The van der Waals surface area contributed by atoms with Gasteiger partial charge in [-0.3, -0.25) is 9.36 Å². The molecule has 0 fully saturated rings. The fraction of sp³-hybridized carbons (Fsp3) is 0.192. The molecule has 0 unspecified atom stereocenters. The second kappa shape index (κ2) is 11.8. The molecule has 8 heteroatoms. The molecular formula is C26H24ClFN4OS. The first-order valence-electron chi connectivity index (χ1n) is 11.0. The lowest BCUT2D eigenvalue weighted by Gasteiger charge is -2.11. The first-order valence-corrected chi connectivity index (χ1v) is 12.3. The van der Waals surface area contributed by atoms with Gasteiger partial charge in [-0.2, -0.15) is 0 Å². The van der Waals surface area contributed by atoms with E-state index in [2.05, 4.69) is 15.5 Å². The molecule has 0 aliphatic heterocycles. The summed E-state index contributed by atoms with van der Waals surface area (Å²) < 4.78 is 15.5. The van der Waals surface area contributed by atoms with Crippen LogP contribution in [0, 0.1) is 5.82 Å². The molecule has 5 nitrogen and oxygen atoms in total. The number of amides is 1. The summed E-state index contributed by atoms with van der Waals surface area (Å²) in [6, 6.07) is 23.9. The highest BCUT2D eigenvalue weighted by atomic mass is 35.5. The van der Waals surface area contributed by atoms with Gasteiger partial charge in [0.05, 0.1) is 0 Å². The van der Waals surface area contributed by atoms with Crippen molar-refractivity contribution < 1.29 is 9.18 Å². The van der Waals surface area contributed by atoms with Gasteiger partial charge in [0.1, 0.15) is 11.6 Å². The maximum atomic E-state index is 13.5. The molecule has 4 aromatic rings. The maximum Gasteiger partial charge on any atom is 0.220 e. The number of aryl methyl sites for hydroxylation is 1. The predicted molar refractivity (Wildman–Crippen MR) is 134 cm³/mol. The predicted octanol–water partition coefficient (Wildman–Crippen LogP) is 5.64. The maximum absolute atomic E-state index is 13.5. The molecule has 0 atom stereocenters. The van der Waals surface area contributed by atoms with Crippen LogP contribution in [0.1, 0.15) is 23.4 Å². The van der Waals surface area contributed by atoms with Gasteiger partial charge in [-0.25, -0.2) is 4.39 Å². The van der Waals surface area contributed by atoms with Crippen molar-refractivity contribution in [1.29, 1.82) is 0 Å². The Kier molecular flexibility index (Phi) is 8.33. The van der Waals surface area contributed by atoms with E-state index in [0.29, 0.717) is 41.1 Å².